The van der Waals surface area contributed by atoms with Crippen LogP contribution in [0.15, 0.2) is 12.1 Å². The fourth-order valence-corrected chi connectivity index (χ4v) is 3.22. The second kappa shape index (κ2) is 9.85. The number of nitrogens with zero attached hydrogens (tertiary/aromatic N) is 1. The van der Waals surface area contributed by atoms with Crippen LogP contribution in [0.25, 0.3) is 0 Å². The smallest absolute Gasteiger partial charge is 0.130 e. The van der Waals surface area contributed by atoms with Crippen molar-refractivity contribution in [1.29, 1.82) is 0 Å². The molecular weight excluding hydrogens is 316 g/mol. The second-order valence-electron chi connectivity index (χ2n) is 5.83. The number of likely N-dealkylation sites (tertiary alicyclic amines) is 1. The molecule has 1 unspecified atom stereocenters. The van der Waals surface area contributed by atoms with Crippen LogP contribution in [0, 0.1) is 5.92 Å². The minimum Gasteiger partial charge on any atom is -0.496 e. The van der Waals surface area contributed by atoms with E-state index in [4.69, 9.17) is 19.9 Å². The SMILES string of the molecule is COc1cc(OC)c(CN2CCCC(CCN)C2)c(OC)c1.Cl. The Labute approximate surface area is 145 Å². The predicted molar refractivity (Wildman–Crippen MR) is 95.0 cm³/mol. The third kappa shape index (κ3) is 5.16. The van der Waals surface area contributed by atoms with E-state index in [1.54, 1.807) is 21.3 Å². The average Bonchev–Trinajstić information content (AvgIpc) is 2.55. The minimum atomic E-state index is 0. The average molecular weight is 345 g/mol. The fraction of sp³-hybridized carbons (Fsp3) is 0.647. The summed E-state index contributed by atoms with van der Waals surface area (Å²) in [5, 5.41) is 0. The number of nitrogens with two attached hydrogens (primary N) is 1. The van der Waals surface area contributed by atoms with E-state index in [9.17, 15) is 0 Å². The maximum atomic E-state index is 5.71. The fourth-order valence-electron chi connectivity index (χ4n) is 3.22. The van der Waals surface area contributed by atoms with Gasteiger partial charge in [0.2, 0.25) is 0 Å². The summed E-state index contributed by atoms with van der Waals surface area (Å²) in [4.78, 5) is 2.47. The maximum absolute atomic E-state index is 5.71. The van der Waals surface area contributed by atoms with Crippen molar-refractivity contribution in [2.24, 2.45) is 11.7 Å². The van der Waals surface area contributed by atoms with Gasteiger partial charge in [0.25, 0.3) is 0 Å². The summed E-state index contributed by atoms with van der Waals surface area (Å²) in [6, 6.07) is 3.83. The van der Waals surface area contributed by atoms with Gasteiger partial charge in [-0.3, -0.25) is 4.90 Å². The summed E-state index contributed by atoms with van der Waals surface area (Å²) in [5.74, 6) is 3.08. The van der Waals surface area contributed by atoms with E-state index in [2.05, 4.69) is 4.90 Å². The quantitative estimate of drug-likeness (QED) is 0.824. The molecule has 132 valence electrons. The van der Waals surface area contributed by atoms with Crippen molar-refractivity contribution in [2.45, 2.75) is 25.8 Å². The first-order valence-electron chi connectivity index (χ1n) is 7.93. The highest BCUT2D eigenvalue weighted by atomic mass is 35.5. The van der Waals surface area contributed by atoms with Gasteiger partial charge in [0.1, 0.15) is 17.2 Å². The number of rotatable bonds is 7. The topological polar surface area (TPSA) is 57.0 Å². The third-order valence-electron chi connectivity index (χ3n) is 4.38. The van der Waals surface area contributed by atoms with Crippen LogP contribution in [0.3, 0.4) is 0 Å². The number of methoxy groups -OCH3 is 3. The van der Waals surface area contributed by atoms with Crippen LogP contribution in [0.4, 0.5) is 0 Å². The van der Waals surface area contributed by atoms with Gasteiger partial charge in [-0.05, 0) is 38.3 Å². The second-order valence-corrected chi connectivity index (χ2v) is 5.83. The molecule has 2 rings (SSSR count). The number of halogens is 1. The summed E-state index contributed by atoms with van der Waals surface area (Å²) in [5.41, 5.74) is 6.79. The highest BCUT2D eigenvalue weighted by Gasteiger charge is 2.22. The first-order chi connectivity index (χ1) is 10.7. The summed E-state index contributed by atoms with van der Waals surface area (Å²) in [6.45, 7) is 3.81. The van der Waals surface area contributed by atoms with Crippen molar-refractivity contribution in [3.63, 3.8) is 0 Å². The van der Waals surface area contributed by atoms with Crippen LogP contribution < -0.4 is 19.9 Å². The highest BCUT2D eigenvalue weighted by Crippen LogP contribution is 2.35. The van der Waals surface area contributed by atoms with E-state index in [1.165, 1.54) is 12.8 Å². The summed E-state index contributed by atoms with van der Waals surface area (Å²) in [7, 11) is 5.02. The van der Waals surface area contributed by atoms with Crippen LogP contribution in [0.2, 0.25) is 0 Å². The normalized spacial score (nSPS) is 18.2. The molecule has 1 aliphatic heterocycles. The molecule has 2 N–H and O–H groups in total. The molecule has 23 heavy (non-hydrogen) atoms. The van der Waals surface area contributed by atoms with Crippen LogP contribution in [0.1, 0.15) is 24.8 Å². The van der Waals surface area contributed by atoms with Crippen molar-refractivity contribution in [3.05, 3.63) is 17.7 Å². The van der Waals surface area contributed by atoms with Crippen LogP contribution in [0.5, 0.6) is 17.2 Å². The summed E-state index contributed by atoms with van der Waals surface area (Å²) >= 11 is 0. The monoisotopic (exact) mass is 344 g/mol. The molecule has 1 heterocycles. The molecule has 6 heteroatoms. The molecule has 0 aliphatic carbocycles. The summed E-state index contributed by atoms with van der Waals surface area (Å²) in [6.07, 6.45) is 3.61. The predicted octanol–water partition coefficient (Wildman–Crippen LogP) is 2.70. The van der Waals surface area contributed by atoms with Gasteiger partial charge in [-0.2, -0.15) is 0 Å². The van der Waals surface area contributed by atoms with Gasteiger partial charge in [0.05, 0.1) is 26.9 Å². The number of hydrogen-bond donors (Lipinski definition) is 1. The van der Waals surface area contributed by atoms with Gasteiger partial charge in [0.15, 0.2) is 0 Å². The number of benzene rings is 1. The molecule has 1 atom stereocenters. The Morgan fingerprint density at radius 1 is 1.13 bits per heavy atom. The third-order valence-corrected chi connectivity index (χ3v) is 4.38. The Kier molecular flexibility index (Phi) is 8.52. The van der Waals surface area contributed by atoms with Gasteiger partial charge in [-0.25, -0.2) is 0 Å². The van der Waals surface area contributed by atoms with Gasteiger partial charge < -0.3 is 19.9 Å². The van der Waals surface area contributed by atoms with Crippen molar-refractivity contribution >= 4 is 12.4 Å². The van der Waals surface area contributed by atoms with E-state index in [1.807, 2.05) is 12.1 Å². The van der Waals surface area contributed by atoms with Gasteiger partial charge in [0, 0.05) is 25.2 Å². The molecule has 1 saturated heterocycles. The summed E-state index contributed by atoms with van der Waals surface area (Å²) < 4.78 is 16.4. The number of ether oxygens (including phenoxy) is 3. The standard InChI is InChI=1S/C17H28N2O3.ClH/c1-20-14-9-16(21-2)15(17(10-14)22-3)12-19-8-4-5-13(11-19)6-7-18;/h9-10,13H,4-8,11-12,18H2,1-3H3;1H. The lowest BCUT2D eigenvalue weighted by atomic mass is 9.94. The first kappa shape index (κ1) is 19.9. The van der Waals surface area contributed by atoms with E-state index in [-0.39, 0.29) is 12.4 Å². The van der Waals surface area contributed by atoms with E-state index in [0.29, 0.717) is 5.92 Å². The van der Waals surface area contributed by atoms with E-state index < -0.39 is 0 Å². The highest BCUT2D eigenvalue weighted by molar-refractivity contribution is 5.85. The molecule has 1 aromatic carbocycles. The lowest BCUT2D eigenvalue weighted by Crippen LogP contribution is -2.35. The zero-order valence-electron chi connectivity index (χ0n) is 14.3. The van der Waals surface area contributed by atoms with Crippen LogP contribution in [-0.2, 0) is 6.54 Å². The van der Waals surface area contributed by atoms with Gasteiger partial charge in [-0.15, -0.1) is 12.4 Å². The Hall–Kier alpha value is -1.17. The molecule has 1 fully saturated rings. The van der Waals surface area contributed by atoms with Crippen molar-refractivity contribution in [3.8, 4) is 17.2 Å². The zero-order chi connectivity index (χ0) is 15.9. The molecule has 1 aliphatic rings. The molecule has 0 aromatic heterocycles. The number of hydrogen-bond acceptors (Lipinski definition) is 5. The lowest BCUT2D eigenvalue weighted by Gasteiger charge is -2.33. The van der Waals surface area contributed by atoms with E-state index >= 15 is 0 Å². The molecular formula is C17H29ClN2O3. The van der Waals surface area contributed by atoms with Crippen molar-refractivity contribution in [1.82, 2.24) is 4.90 Å². The first-order valence-corrected chi connectivity index (χ1v) is 7.93. The molecule has 0 bridgehead atoms. The van der Waals surface area contributed by atoms with Crippen molar-refractivity contribution < 1.29 is 14.2 Å². The molecule has 0 saturated carbocycles. The van der Waals surface area contributed by atoms with Gasteiger partial charge >= 0.3 is 0 Å². The Balaban J connectivity index is 0.00000264. The Morgan fingerprint density at radius 3 is 2.30 bits per heavy atom. The molecule has 0 amide bonds. The Bertz CT molecular complexity index is 458. The molecule has 1 aromatic rings. The zero-order valence-corrected chi connectivity index (χ0v) is 15.2. The van der Waals surface area contributed by atoms with Crippen LogP contribution >= 0.6 is 12.4 Å². The van der Waals surface area contributed by atoms with E-state index in [0.717, 1.165) is 55.4 Å². The molecule has 0 spiro atoms. The van der Waals surface area contributed by atoms with Crippen LogP contribution in [-0.4, -0.2) is 45.9 Å². The van der Waals surface area contributed by atoms with Crippen molar-refractivity contribution in [2.75, 3.05) is 41.0 Å². The maximum Gasteiger partial charge on any atom is 0.130 e. The minimum absolute atomic E-state index is 0. The largest absolute Gasteiger partial charge is 0.496 e. The molecule has 5 nitrogen and oxygen atoms in total. The lowest BCUT2D eigenvalue weighted by molar-refractivity contribution is 0.160. The number of piperidine rings is 1. The van der Waals surface area contributed by atoms with Gasteiger partial charge in [-0.1, -0.05) is 0 Å². The molecule has 0 radical (unpaired) electrons. The Morgan fingerprint density at radius 2 is 1.78 bits per heavy atom.